The summed E-state index contributed by atoms with van der Waals surface area (Å²) in [5.74, 6) is 0.901. The summed E-state index contributed by atoms with van der Waals surface area (Å²) in [6.07, 6.45) is 0. The summed E-state index contributed by atoms with van der Waals surface area (Å²) in [5, 5.41) is 3.29. The first-order valence-electron chi connectivity index (χ1n) is 11.6. The van der Waals surface area contributed by atoms with Crippen molar-refractivity contribution in [2.45, 2.75) is 6.04 Å². The Labute approximate surface area is 190 Å². The third-order valence-electron chi connectivity index (χ3n) is 6.12. The lowest BCUT2D eigenvalue weighted by molar-refractivity contribution is 0.0335. The van der Waals surface area contributed by atoms with Crippen LogP contribution in [0.1, 0.15) is 11.6 Å². The van der Waals surface area contributed by atoms with Crippen molar-refractivity contribution >= 4 is 6.03 Å². The number of urea groups is 1. The van der Waals surface area contributed by atoms with Crippen molar-refractivity contribution in [1.29, 1.82) is 0 Å². The number of rotatable bonds is 8. The molecule has 2 amide bonds. The first-order chi connectivity index (χ1) is 15.8. The van der Waals surface area contributed by atoms with Crippen molar-refractivity contribution in [3.8, 4) is 5.75 Å². The molecule has 2 aromatic carbocycles. The fraction of sp³-hybridized carbons (Fsp3) is 0.480. The van der Waals surface area contributed by atoms with E-state index in [4.69, 9.17) is 9.47 Å². The molecule has 0 aliphatic carbocycles. The average molecular weight is 439 g/mol. The Balaban J connectivity index is 1.24. The Morgan fingerprint density at radius 3 is 2.22 bits per heavy atom. The van der Waals surface area contributed by atoms with Crippen LogP contribution in [0.3, 0.4) is 0 Å². The molecule has 1 unspecified atom stereocenters. The summed E-state index contributed by atoms with van der Waals surface area (Å²) in [6, 6.07) is 20.2. The van der Waals surface area contributed by atoms with Crippen LogP contribution in [0.4, 0.5) is 4.79 Å². The van der Waals surface area contributed by atoms with Crippen molar-refractivity contribution in [3.63, 3.8) is 0 Å². The van der Waals surface area contributed by atoms with Gasteiger partial charge in [0.05, 0.1) is 19.3 Å². The van der Waals surface area contributed by atoms with E-state index in [0.29, 0.717) is 6.61 Å². The van der Waals surface area contributed by atoms with Crippen LogP contribution in [0.2, 0.25) is 0 Å². The zero-order valence-electron chi connectivity index (χ0n) is 18.7. The average Bonchev–Trinajstić information content (AvgIpc) is 2.86. The molecule has 2 aliphatic rings. The lowest BCUT2D eigenvalue weighted by Crippen LogP contribution is -2.53. The number of hydrogen-bond acceptors (Lipinski definition) is 5. The van der Waals surface area contributed by atoms with Crippen molar-refractivity contribution < 1.29 is 14.3 Å². The normalized spacial score (nSPS) is 18.8. The van der Waals surface area contributed by atoms with Crippen LogP contribution < -0.4 is 10.1 Å². The Kier molecular flexibility index (Phi) is 8.36. The van der Waals surface area contributed by atoms with Gasteiger partial charge < -0.3 is 19.7 Å². The number of carbonyl (C=O) groups is 1. The van der Waals surface area contributed by atoms with E-state index in [9.17, 15) is 4.79 Å². The maximum Gasteiger partial charge on any atom is 0.318 e. The van der Waals surface area contributed by atoms with E-state index in [0.717, 1.165) is 76.9 Å². The number of benzene rings is 2. The minimum atomic E-state index is -0.0286. The molecule has 2 fully saturated rings. The van der Waals surface area contributed by atoms with Gasteiger partial charge in [-0.05, 0) is 17.7 Å². The fourth-order valence-electron chi connectivity index (χ4n) is 4.19. The van der Waals surface area contributed by atoms with Crippen LogP contribution in [0.5, 0.6) is 5.75 Å². The van der Waals surface area contributed by atoms with E-state index in [1.165, 1.54) is 0 Å². The van der Waals surface area contributed by atoms with Crippen LogP contribution in [0.25, 0.3) is 0 Å². The molecule has 0 saturated carbocycles. The monoisotopic (exact) mass is 438 g/mol. The molecule has 0 aromatic heterocycles. The lowest BCUT2D eigenvalue weighted by atomic mass is 10.1. The lowest BCUT2D eigenvalue weighted by Gasteiger charge is -2.36. The summed E-state index contributed by atoms with van der Waals surface area (Å²) >= 11 is 0. The number of carbonyl (C=O) groups excluding carboxylic acids is 1. The van der Waals surface area contributed by atoms with E-state index in [2.05, 4.69) is 27.2 Å². The predicted molar refractivity (Wildman–Crippen MR) is 125 cm³/mol. The summed E-state index contributed by atoms with van der Waals surface area (Å²) in [7, 11) is 0. The van der Waals surface area contributed by atoms with Gasteiger partial charge in [0.25, 0.3) is 0 Å². The van der Waals surface area contributed by atoms with E-state index < -0.39 is 0 Å². The smallest absolute Gasteiger partial charge is 0.318 e. The first kappa shape index (κ1) is 22.6. The van der Waals surface area contributed by atoms with Gasteiger partial charge in [0.15, 0.2) is 0 Å². The summed E-state index contributed by atoms with van der Waals surface area (Å²) in [4.78, 5) is 19.7. The molecule has 1 N–H and O–H groups in total. The van der Waals surface area contributed by atoms with Crippen LogP contribution >= 0.6 is 0 Å². The Morgan fingerprint density at radius 2 is 1.53 bits per heavy atom. The van der Waals surface area contributed by atoms with E-state index >= 15 is 0 Å². The molecule has 1 atom stereocenters. The van der Waals surface area contributed by atoms with Gasteiger partial charge in [-0.15, -0.1) is 0 Å². The molecule has 2 aromatic rings. The van der Waals surface area contributed by atoms with Crippen LogP contribution in [0, 0.1) is 0 Å². The summed E-state index contributed by atoms with van der Waals surface area (Å²) in [6.45, 7) is 8.85. The molecule has 172 valence electrons. The number of hydrogen-bond donors (Lipinski definition) is 1. The van der Waals surface area contributed by atoms with Gasteiger partial charge in [-0.25, -0.2) is 4.79 Å². The fourth-order valence-corrected chi connectivity index (χ4v) is 4.19. The van der Waals surface area contributed by atoms with Crippen molar-refractivity contribution in [2.24, 2.45) is 0 Å². The second-order valence-electron chi connectivity index (χ2n) is 8.32. The van der Waals surface area contributed by atoms with Gasteiger partial charge in [-0.3, -0.25) is 9.80 Å². The highest BCUT2D eigenvalue weighted by Gasteiger charge is 2.25. The topological polar surface area (TPSA) is 57.3 Å². The van der Waals surface area contributed by atoms with Gasteiger partial charge in [-0.1, -0.05) is 48.5 Å². The standard InChI is InChI=1S/C25H34N4O3/c30-25(26-24(22-7-3-1-4-8-22)21-28-15-18-31-19-16-28)29-13-11-27(12-14-29)17-20-32-23-9-5-2-6-10-23/h1-10,24H,11-21H2,(H,26,30). The van der Waals surface area contributed by atoms with Gasteiger partial charge in [-0.2, -0.15) is 0 Å². The summed E-state index contributed by atoms with van der Waals surface area (Å²) < 4.78 is 11.3. The van der Waals surface area contributed by atoms with Crippen LogP contribution in [-0.4, -0.2) is 92.9 Å². The molecule has 7 heteroatoms. The molecule has 0 spiro atoms. The number of ether oxygens (including phenoxy) is 2. The van der Waals surface area contributed by atoms with Gasteiger partial charge >= 0.3 is 6.03 Å². The SMILES string of the molecule is O=C(NC(CN1CCOCC1)c1ccccc1)N1CCN(CCOc2ccccc2)CC1. The van der Waals surface area contributed by atoms with Gasteiger partial charge in [0.2, 0.25) is 0 Å². The van der Waals surface area contributed by atoms with E-state index in [-0.39, 0.29) is 12.1 Å². The molecular formula is C25H34N4O3. The number of para-hydroxylation sites is 1. The Morgan fingerprint density at radius 1 is 0.875 bits per heavy atom. The highest BCUT2D eigenvalue weighted by atomic mass is 16.5. The third-order valence-corrected chi connectivity index (χ3v) is 6.12. The number of nitrogens with one attached hydrogen (secondary N) is 1. The molecule has 0 radical (unpaired) electrons. The highest BCUT2D eigenvalue weighted by molar-refractivity contribution is 5.75. The molecule has 4 rings (SSSR count). The molecule has 7 nitrogen and oxygen atoms in total. The number of piperazine rings is 1. The molecule has 2 heterocycles. The molecule has 2 aliphatic heterocycles. The zero-order valence-corrected chi connectivity index (χ0v) is 18.7. The number of nitrogens with zero attached hydrogens (tertiary/aromatic N) is 3. The third kappa shape index (κ3) is 6.69. The van der Waals surface area contributed by atoms with Gasteiger partial charge in [0.1, 0.15) is 12.4 Å². The second kappa shape index (κ2) is 11.9. The van der Waals surface area contributed by atoms with Crippen LogP contribution in [0.15, 0.2) is 60.7 Å². The number of morpholine rings is 1. The predicted octanol–water partition coefficient (Wildman–Crippen LogP) is 2.47. The minimum Gasteiger partial charge on any atom is -0.492 e. The Hall–Kier alpha value is -2.61. The van der Waals surface area contributed by atoms with Crippen molar-refractivity contribution in [3.05, 3.63) is 66.2 Å². The van der Waals surface area contributed by atoms with Crippen molar-refractivity contribution in [2.75, 3.05) is 72.2 Å². The maximum absolute atomic E-state index is 13.1. The quantitative estimate of drug-likeness (QED) is 0.686. The second-order valence-corrected chi connectivity index (χ2v) is 8.32. The number of amides is 2. The van der Waals surface area contributed by atoms with E-state index in [1.54, 1.807) is 0 Å². The largest absolute Gasteiger partial charge is 0.492 e. The van der Waals surface area contributed by atoms with Crippen LogP contribution in [-0.2, 0) is 4.74 Å². The summed E-state index contributed by atoms with van der Waals surface area (Å²) in [5.41, 5.74) is 1.14. The molecule has 2 saturated heterocycles. The Bertz CT molecular complexity index is 806. The first-order valence-corrected chi connectivity index (χ1v) is 11.6. The van der Waals surface area contributed by atoms with Crippen molar-refractivity contribution in [1.82, 2.24) is 20.0 Å². The molecular weight excluding hydrogens is 404 g/mol. The molecule has 0 bridgehead atoms. The van der Waals surface area contributed by atoms with E-state index in [1.807, 2.05) is 53.4 Å². The highest BCUT2D eigenvalue weighted by Crippen LogP contribution is 2.16. The minimum absolute atomic E-state index is 0.0206. The van der Waals surface area contributed by atoms with Gasteiger partial charge in [0, 0.05) is 52.4 Å². The maximum atomic E-state index is 13.1. The zero-order chi connectivity index (χ0) is 22.0. The molecule has 32 heavy (non-hydrogen) atoms.